The monoisotopic (exact) mass is 324 g/mol. The number of nitrogens with two attached hydrogens (primary N) is 1. The fourth-order valence-electron chi connectivity index (χ4n) is 3.30. The minimum absolute atomic E-state index is 0.141. The zero-order valence-electron chi connectivity index (χ0n) is 15.8. The van der Waals surface area contributed by atoms with E-state index in [1.807, 2.05) is 5.01 Å². The van der Waals surface area contributed by atoms with Crippen LogP contribution in [-0.2, 0) is 0 Å². The average molecular weight is 325 g/mol. The van der Waals surface area contributed by atoms with Gasteiger partial charge in [0.25, 0.3) is 0 Å². The normalized spacial score (nSPS) is 16.8. The van der Waals surface area contributed by atoms with Crippen molar-refractivity contribution >= 4 is 5.57 Å². The standard InChI is InChI=1S/C22H32N2/c1-17(2)24(23)18(3)15-20(19-11-7-6-8-12-19)16-22(4,5)21-13-9-10-14-21/h6-13,15,17-18H,14,16,23H2,1-5H3. The summed E-state index contributed by atoms with van der Waals surface area (Å²) in [5.41, 5.74) is 4.31. The Balaban J connectivity index is 2.30. The van der Waals surface area contributed by atoms with Crippen molar-refractivity contribution in [2.24, 2.45) is 11.3 Å². The first-order valence-electron chi connectivity index (χ1n) is 8.96. The summed E-state index contributed by atoms with van der Waals surface area (Å²) in [5, 5.41) is 1.92. The van der Waals surface area contributed by atoms with Gasteiger partial charge in [0.15, 0.2) is 0 Å². The number of benzene rings is 1. The van der Waals surface area contributed by atoms with Crippen LogP contribution in [0.3, 0.4) is 0 Å². The van der Waals surface area contributed by atoms with E-state index in [0.29, 0.717) is 6.04 Å². The van der Waals surface area contributed by atoms with Crippen LogP contribution in [0.4, 0.5) is 0 Å². The van der Waals surface area contributed by atoms with E-state index in [9.17, 15) is 0 Å². The lowest BCUT2D eigenvalue weighted by molar-refractivity contribution is 0.197. The lowest BCUT2D eigenvalue weighted by Gasteiger charge is -2.30. The number of rotatable bonds is 7. The van der Waals surface area contributed by atoms with Crippen molar-refractivity contribution in [2.45, 2.75) is 59.5 Å². The number of hydrazine groups is 1. The van der Waals surface area contributed by atoms with Crippen LogP contribution in [0.15, 0.2) is 60.2 Å². The van der Waals surface area contributed by atoms with Crippen LogP contribution < -0.4 is 5.84 Å². The lowest BCUT2D eigenvalue weighted by Crippen LogP contribution is -2.43. The van der Waals surface area contributed by atoms with Crippen molar-refractivity contribution in [1.29, 1.82) is 0 Å². The van der Waals surface area contributed by atoms with Crippen LogP contribution in [0.5, 0.6) is 0 Å². The van der Waals surface area contributed by atoms with Gasteiger partial charge < -0.3 is 0 Å². The molecule has 2 rings (SSSR count). The minimum atomic E-state index is 0.141. The number of hydrogen-bond donors (Lipinski definition) is 1. The zero-order valence-corrected chi connectivity index (χ0v) is 15.8. The van der Waals surface area contributed by atoms with Crippen LogP contribution >= 0.6 is 0 Å². The second-order valence-electron chi connectivity index (χ2n) is 7.72. The molecule has 0 saturated carbocycles. The second-order valence-corrected chi connectivity index (χ2v) is 7.72. The topological polar surface area (TPSA) is 29.3 Å². The Hall–Kier alpha value is -1.64. The molecule has 2 nitrogen and oxygen atoms in total. The molecule has 0 spiro atoms. The van der Waals surface area contributed by atoms with Crippen molar-refractivity contribution in [1.82, 2.24) is 5.01 Å². The van der Waals surface area contributed by atoms with E-state index in [2.05, 4.69) is 89.3 Å². The molecule has 0 aliphatic heterocycles. The van der Waals surface area contributed by atoms with Gasteiger partial charge in [0.05, 0.1) is 0 Å². The average Bonchev–Trinajstić information content (AvgIpc) is 3.09. The summed E-state index contributed by atoms with van der Waals surface area (Å²) in [6.45, 7) is 11.1. The predicted molar refractivity (Wildman–Crippen MR) is 105 cm³/mol. The molecule has 1 aromatic rings. The molecule has 0 aromatic heterocycles. The third kappa shape index (κ3) is 4.68. The summed E-state index contributed by atoms with van der Waals surface area (Å²) in [5.74, 6) is 6.24. The summed E-state index contributed by atoms with van der Waals surface area (Å²) in [6, 6.07) is 11.2. The first-order valence-corrected chi connectivity index (χ1v) is 8.96. The molecule has 0 bridgehead atoms. The summed E-state index contributed by atoms with van der Waals surface area (Å²) in [7, 11) is 0. The molecule has 0 amide bonds. The quantitative estimate of drug-likeness (QED) is 0.541. The van der Waals surface area contributed by atoms with Gasteiger partial charge in [0.2, 0.25) is 0 Å². The molecule has 1 aromatic carbocycles. The molecule has 1 aliphatic carbocycles. The molecular weight excluding hydrogens is 292 g/mol. The summed E-state index contributed by atoms with van der Waals surface area (Å²) in [4.78, 5) is 0. The number of hydrogen-bond acceptors (Lipinski definition) is 2. The Morgan fingerprint density at radius 1 is 1.21 bits per heavy atom. The maximum atomic E-state index is 6.24. The highest BCUT2D eigenvalue weighted by molar-refractivity contribution is 5.67. The van der Waals surface area contributed by atoms with Crippen LogP contribution in [0.25, 0.3) is 5.57 Å². The van der Waals surface area contributed by atoms with Gasteiger partial charge in [-0.05, 0) is 50.2 Å². The van der Waals surface area contributed by atoms with Crippen molar-refractivity contribution in [2.75, 3.05) is 0 Å². The fraction of sp³-hybridized carbons (Fsp3) is 0.455. The Morgan fingerprint density at radius 3 is 2.42 bits per heavy atom. The Labute approximate surface area is 147 Å². The first-order chi connectivity index (χ1) is 11.3. The molecule has 130 valence electrons. The fourth-order valence-corrected chi connectivity index (χ4v) is 3.30. The van der Waals surface area contributed by atoms with Crippen molar-refractivity contribution in [3.63, 3.8) is 0 Å². The molecule has 1 atom stereocenters. The second kappa shape index (κ2) is 7.96. The van der Waals surface area contributed by atoms with Gasteiger partial charge >= 0.3 is 0 Å². The van der Waals surface area contributed by atoms with E-state index in [1.165, 1.54) is 16.7 Å². The Kier molecular flexibility index (Phi) is 6.20. The van der Waals surface area contributed by atoms with Gasteiger partial charge in [-0.25, -0.2) is 5.01 Å². The highest BCUT2D eigenvalue weighted by Crippen LogP contribution is 2.40. The molecule has 0 fully saturated rings. The van der Waals surface area contributed by atoms with E-state index in [-0.39, 0.29) is 11.5 Å². The van der Waals surface area contributed by atoms with Crippen molar-refractivity contribution < 1.29 is 0 Å². The van der Waals surface area contributed by atoms with E-state index in [0.717, 1.165) is 12.8 Å². The molecular formula is C22H32N2. The van der Waals surface area contributed by atoms with Gasteiger partial charge in [-0.15, -0.1) is 0 Å². The number of allylic oxidation sites excluding steroid dienone is 5. The third-order valence-electron chi connectivity index (χ3n) is 4.93. The molecule has 2 N–H and O–H groups in total. The summed E-state index contributed by atoms with van der Waals surface area (Å²) in [6.07, 6.45) is 11.1. The number of nitrogens with zero attached hydrogens (tertiary/aromatic N) is 1. The van der Waals surface area contributed by atoms with Crippen LogP contribution in [0, 0.1) is 5.41 Å². The highest BCUT2D eigenvalue weighted by atomic mass is 15.4. The maximum absolute atomic E-state index is 6.24. The van der Waals surface area contributed by atoms with Crippen LogP contribution in [0.2, 0.25) is 0 Å². The summed E-state index contributed by atoms with van der Waals surface area (Å²) >= 11 is 0. The van der Waals surface area contributed by atoms with Gasteiger partial charge in [-0.2, -0.15) is 0 Å². The smallest absolute Gasteiger partial charge is 0.0401 e. The van der Waals surface area contributed by atoms with Crippen LogP contribution in [0.1, 0.15) is 53.0 Å². The largest absolute Gasteiger partial charge is 0.268 e. The van der Waals surface area contributed by atoms with Gasteiger partial charge in [-0.3, -0.25) is 5.84 Å². The van der Waals surface area contributed by atoms with Crippen molar-refractivity contribution in [3.8, 4) is 0 Å². The lowest BCUT2D eigenvalue weighted by atomic mass is 9.76. The third-order valence-corrected chi connectivity index (χ3v) is 4.93. The molecule has 0 heterocycles. The molecule has 1 unspecified atom stereocenters. The van der Waals surface area contributed by atoms with Crippen LogP contribution in [-0.4, -0.2) is 17.1 Å². The van der Waals surface area contributed by atoms with E-state index < -0.39 is 0 Å². The Bertz CT molecular complexity index is 621. The van der Waals surface area contributed by atoms with E-state index in [1.54, 1.807) is 0 Å². The SMILES string of the molecule is CC(C)N(N)C(C)C=C(CC(C)(C)C1=CC=CC1)c1ccccc1. The summed E-state index contributed by atoms with van der Waals surface area (Å²) < 4.78 is 0. The first kappa shape index (κ1) is 18.7. The Morgan fingerprint density at radius 2 is 1.88 bits per heavy atom. The zero-order chi connectivity index (χ0) is 17.7. The minimum Gasteiger partial charge on any atom is -0.268 e. The highest BCUT2D eigenvalue weighted by Gasteiger charge is 2.26. The molecule has 24 heavy (non-hydrogen) atoms. The van der Waals surface area contributed by atoms with E-state index >= 15 is 0 Å². The maximum Gasteiger partial charge on any atom is 0.0401 e. The van der Waals surface area contributed by atoms with Crippen molar-refractivity contribution in [3.05, 3.63) is 65.8 Å². The van der Waals surface area contributed by atoms with E-state index in [4.69, 9.17) is 5.84 Å². The van der Waals surface area contributed by atoms with Gasteiger partial charge in [0.1, 0.15) is 0 Å². The van der Waals surface area contributed by atoms with Gasteiger partial charge in [0, 0.05) is 12.1 Å². The molecule has 0 saturated heterocycles. The molecule has 1 aliphatic rings. The van der Waals surface area contributed by atoms with Gasteiger partial charge in [-0.1, -0.05) is 74.1 Å². The molecule has 2 heteroatoms. The molecule has 0 radical (unpaired) electrons. The predicted octanol–water partition coefficient (Wildman–Crippen LogP) is 5.35.